The Hall–Kier alpha value is -3.58. The molecule has 0 N–H and O–H groups in total. The Bertz CT molecular complexity index is 1900. The Balaban J connectivity index is 1.37. The SMILES string of the molecule is CCCCCCCCC1(CCCCCCCC)c2cc(C)ccc2-c2ccc(-c3ccc4c(ccn4-c4cc(CCC)c(C)cc4CCC)c3)cc21. The van der Waals surface area contributed by atoms with Crippen LogP contribution in [0.25, 0.3) is 38.8 Å². The van der Waals surface area contributed by atoms with E-state index >= 15 is 0 Å². The van der Waals surface area contributed by atoms with Gasteiger partial charge in [0.15, 0.2) is 0 Å². The van der Waals surface area contributed by atoms with Gasteiger partial charge in [0.05, 0.1) is 5.52 Å². The third-order valence-electron chi connectivity index (χ3n) is 12.3. The smallest absolute Gasteiger partial charge is 0.0528 e. The lowest BCUT2D eigenvalue weighted by Gasteiger charge is -2.33. The summed E-state index contributed by atoms with van der Waals surface area (Å²) in [4.78, 5) is 0. The molecule has 52 heavy (non-hydrogen) atoms. The monoisotopic (exact) mass is 694 g/mol. The van der Waals surface area contributed by atoms with Gasteiger partial charge in [0.25, 0.3) is 0 Å². The van der Waals surface area contributed by atoms with E-state index in [2.05, 4.69) is 125 Å². The molecule has 1 nitrogen and oxygen atoms in total. The zero-order chi connectivity index (χ0) is 36.5. The summed E-state index contributed by atoms with van der Waals surface area (Å²) in [5.41, 5.74) is 17.4. The van der Waals surface area contributed by atoms with Gasteiger partial charge in [-0.3, -0.25) is 0 Å². The van der Waals surface area contributed by atoms with Gasteiger partial charge in [-0.15, -0.1) is 0 Å². The van der Waals surface area contributed by atoms with Crippen molar-refractivity contribution < 1.29 is 0 Å². The number of rotatable bonds is 20. The molecule has 0 unspecified atom stereocenters. The van der Waals surface area contributed by atoms with Crippen LogP contribution >= 0.6 is 0 Å². The summed E-state index contributed by atoms with van der Waals surface area (Å²) < 4.78 is 2.45. The number of nitrogens with zero attached hydrogens (tertiary/aromatic N) is 1. The van der Waals surface area contributed by atoms with Gasteiger partial charge < -0.3 is 4.57 Å². The maximum Gasteiger partial charge on any atom is 0.0528 e. The van der Waals surface area contributed by atoms with Crippen LogP contribution in [-0.2, 0) is 18.3 Å². The lowest BCUT2D eigenvalue weighted by atomic mass is 9.70. The van der Waals surface area contributed by atoms with Gasteiger partial charge in [-0.1, -0.05) is 166 Å². The van der Waals surface area contributed by atoms with E-state index in [1.165, 1.54) is 157 Å². The van der Waals surface area contributed by atoms with Crippen molar-refractivity contribution >= 4 is 10.9 Å². The van der Waals surface area contributed by atoms with E-state index in [1.807, 2.05) is 0 Å². The fourth-order valence-electron chi connectivity index (χ4n) is 9.43. The second-order valence-corrected chi connectivity index (χ2v) is 16.3. The molecule has 0 spiro atoms. The first kappa shape index (κ1) is 38.2. The van der Waals surface area contributed by atoms with E-state index < -0.39 is 0 Å². The summed E-state index contributed by atoms with van der Waals surface area (Å²) in [5, 5.41) is 1.32. The van der Waals surface area contributed by atoms with Crippen molar-refractivity contribution in [1.82, 2.24) is 4.57 Å². The molecule has 0 bridgehead atoms. The molecule has 5 aromatic rings. The van der Waals surface area contributed by atoms with Crippen LogP contribution in [0.1, 0.15) is 164 Å². The van der Waals surface area contributed by atoms with Crippen LogP contribution in [-0.4, -0.2) is 4.57 Å². The van der Waals surface area contributed by atoms with Crippen molar-refractivity contribution in [2.24, 2.45) is 0 Å². The van der Waals surface area contributed by atoms with Crippen LogP contribution in [0, 0.1) is 13.8 Å². The minimum atomic E-state index is 0.104. The molecule has 0 saturated carbocycles. The number of aryl methyl sites for hydroxylation is 4. The largest absolute Gasteiger partial charge is 0.316 e. The lowest BCUT2D eigenvalue weighted by Crippen LogP contribution is -2.25. The van der Waals surface area contributed by atoms with Crippen molar-refractivity contribution in [2.45, 2.75) is 163 Å². The second-order valence-electron chi connectivity index (χ2n) is 16.3. The first-order chi connectivity index (χ1) is 25.4. The summed E-state index contributed by atoms with van der Waals surface area (Å²) in [5.74, 6) is 0. The maximum atomic E-state index is 2.62. The first-order valence-electron chi connectivity index (χ1n) is 21.4. The summed E-state index contributed by atoms with van der Waals surface area (Å²) in [6.45, 7) is 13.8. The van der Waals surface area contributed by atoms with E-state index in [0.717, 1.165) is 19.3 Å². The molecule has 0 atom stereocenters. The lowest BCUT2D eigenvalue weighted by molar-refractivity contribution is 0.398. The van der Waals surface area contributed by atoms with Crippen LogP contribution in [0.5, 0.6) is 0 Å². The molecular weight excluding hydrogens is 627 g/mol. The molecule has 1 aromatic heterocycles. The molecule has 276 valence electrons. The number of aromatic nitrogens is 1. The van der Waals surface area contributed by atoms with Crippen molar-refractivity contribution in [3.05, 3.63) is 112 Å². The van der Waals surface area contributed by atoms with Gasteiger partial charge in [0.1, 0.15) is 0 Å². The molecule has 6 rings (SSSR count). The topological polar surface area (TPSA) is 4.93 Å². The molecule has 4 aromatic carbocycles. The quantitative estimate of drug-likeness (QED) is 0.0715. The van der Waals surface area contributed by atoms with Crippen LogP contribution in [0.2, 0.25) is 0 Å². The highest BCUT2D eigenvalue weighted by Crippen LogP contribution is 2.55. The van der Waals surface area contributed by atoms with Gasteiger partial charge in [0.2, 0.25) is 0 Å². The summed E-state index contributed by atoms with van der Waals surface area (Å²) >= 11 is 0. The number of hydrogen-bond acceptors (Lipinski definition) is 0. The average Bonchev–Trinajstić information content (AvgIpc) is 3.68. The summed E-state index contributed by atoms with van der Waals surface area (Å²) in [6, 6.07) is 29.3. The Labute approximate surface area is 317 Å². The normalized spacial score (nSPS) is 13.2. The van der Waals surface area contributed by atoms with Crippen LogP contribution < -0.4 is 0 Å². The maximum absolute atomic E-state index is 2.62. The predicted octanol–water partition coefficient (Wildman–Crippen LogP) is 15.6. The first-order valence-corrected chi connectivity index (χ1v) is 21.4. The van der Waals surface area contributed by atoms with Gasteiger partial charge in [-0.05, 0) is 120 Å². The number of fused-ring (bicyclic) bond motifs is 4. The van der Waals surface area contributed by atoms with E-state index in [-0.39, 0.29) is 5.41 Å². The van der Waals surface area contributed by atoms with Crippen molar-refractivity contribution in [1.29, 1.82) is 0 Å². The second kappa shape index (κ2) is 18.0. The fraction of sp³-hybridized carbons (Fsp3) is 0.490. The molecule has 1 aliphatic carbocycles. The number of unbranched alkanes of at least 4 members (excludes halogenated alkanes) is 10. The zero-order valence-corrected chi connectivity index (χ0v) is 33.7. The van der Waals surface area contributed by atoms with E-state index in [9.17, 15) is 0 Å². The molecular formula is C51H67N. The van der Waals surface area contributed by atoms with Crippen molar-refractivity contribution in [2.75, 3.05) is 0 Å². The molecule has 0 radical (unpaired) electrons. The van der Waals surface area contributed by atoms with Crippen molar-refractivity contribution in [3.63, 3.8) is 0 Å². The minimum Gasteiger partial charge on any atom is -0.316 e. The van der Waals surface area contributed by atoms with Crippen LogP contribution in [0.3, 0.4) is 0 Å². The standard InChI is InChI=1S/C51H67N/c1-7-11-13-15-17-19-30-51(31-20-18-16-14-12-8-2)47-33-38(5)23-26-45(47)46-27-24-42(36-48(46)51)41-25-28-49-44(35-41)29-32-52(49)50-37-40(21-9-3)39(6)34-43(50)22-10-4/h23-29,32-37H,7-22,30-31H2,1-6H3. The van der Waals surface area contributed by atoms with Gasteiger partial charge in [-0.25, -0.2) is 0 Å². The zero-order valence-electron chi connectivity index (χ0n) is 33.7. The Kier molecular flexibility index (Phi) is 13.2. The molecule has 0 aliphatic heterocycles. The summed E-state index contributed by atoms with van der Waals surface area (Å²) in [7, 11) is 0. The third kappa shape index (κ3) is 8.15. The van der Waals surface area contributed by atoms with E-state index in [0.29, 0.717) is 0 Å². The van der Waals surface area contributed by atoms with Crippen LogP contribution in [0.15, 0.2) is 79.0 Å². The fourth-order valence-corrected chi connectivity index (χ4v) is 9.43. The average molecular weight is 694 g/mol. The van der Waals surface area contributed by atoms with E-state index in [1.54, 1.807) is 11.1 Å². The van der Waals surface area contributed by atoms with Crippen molar-refractivity contribution in [3.8, 4) is 27.9 Å². The molecule has 0 fully saturated rings. The third-order valence-corrected chi connectivity index (χ3v) is 12.3. The molecule has 0 saturated heterocycles. The highest BCUT2D eigenvalue weighted by molar-refractivity contribution is 5.89. The number of hydrogen-bond donors (Lipinski definition) is 0. The van der Waals surface area contributed by atoms with Gasteiger partial charge in [0, 0.05) is 22.7 Å². The van der Waals surface area contributed by atoms with Gasteiger partial charge in [-0.2, -0.15) is 0 Å². The van der Waals surface area contributed by atoms with Crippen LogP contribution in [0.4, 0.5) is 0 Å². The van der Waals surface area contributed by atoms with E-state index in [4.69, 9.17) is 0 Å². The predicted molar refractivity (Wildman–Crippen MR) is 228 cm³/mol. The Morgan fingerprint density at radius 2 is 1.08 bits per heavy atom. The number of benzene rings is 4. The minimum absolute atomic E-state index is 0.104. The highest BCUT2D eigenvalue weighted by atomic mass is 15.0. The molecule has 1 heterocycles. The molecule has 1 heteroatoms. The molecule has 1 aliphatic rings. The van der Waals surface area contributed by atoms with Gasteiger partial charge >= 0.3 is 0 Å². The highest BCUT2D eigenvalue weighted by Gasteiger charge is 2.42. The molecule has 0 amide bonds. The summed E-state index contributed by atoms with van der Waals surface area (Å²) in [6.07, 6.45) is 25.6. The Morgan fingerprint density at radius 1 is 0.500 bits per heavy atom. The Morgan fingerprint density at radius 3 is 1.75 bits per heavy atom.